The molecular weight excluding hydrogens is 604 g/mol. The molecule has 0 aliphatic rings. The number of phenols is 1. The molecule has 0 fully saturated rings. The van der Waals surface area contributed by atoms with Crippen LogP contribution in [0.2, 0.25) is 0 Å². The summed E-state index contributed by atoms with van der Waals surface area (Å²) in [5, 5.41) is 35.2. The fourth-order valence-electron chi connectivity index (χ4n) is 3.57. The molecule has 0 aliphatic carbocycles. The number of aromatic carboxylic acids is 1. The molecule has 0 spiro atoms. The number of rotatable bonds is 8. The van der Waals surface area contributed by atoms with Crippen LogP contribution in [0.5, 0.6) is 5.75 Å². The number of fused-ring (bicyclic) bond motifs is 1. The highest BCUT2D eigenvalue weighted by Crippen LogP contribution is 2.40. The molecule has 0 radical (unpaired) electrons. The Morgan fingerprint density at radius 1 is 0.707 bits per heavy atom. The van der Waals surface area contributed by atoms with Gasteiger partial charge in [-0.2, -0.15) is 21.9 Å². The summed E-state index contributed by atoms with van der Waals surface area (Å²) in [5.74, 6) is -1.99. The molecule has 0 bridgehead atoms. The van der Waals surface area contributed by atoms with Crippen molar-refractivity contribution in [2.45, 2.75) is 14.7 Å². The molecule has 4 aromatic carbocycles. The summed E-state index contributed by atoms with van der Waals surface area (Å²) in [7, 11) is -9.54. The molecule has 0 saturated carbocycles. The summed E-state index contributed by atoms with van der Waals surface area (Å²) in [6.07, 6.45) is 0. The molecule has 212 valence electrons. The number of carbonyl (C=O) groups is 1. The zero-order valence-corrected chi connectivity index (χ0v) is 22.5. The zero-order chi connectivity index (χ0) is 30.1. The van der Waals surface area contributed by atoms with Gasteiger partial charge in [0.05, 0.1) is 16.1 Å². The standard InChI is InChI=1S/C23H16N4O11S3/c28-22-15-4-2-1-3-14(15)21(41(36,37)38)11-19(22)27-25-17-7-5-12(9-16(17)23(29)30)24-26-18-10-13(39(31)32)6-8-20(18)40(33,34)35/h1-11,28H,(H,29,30)(H,31,32)(H,33,34,35)(H,36,37,38)/b26-24+,27-25+. The van der Waals surface area contributed by atoms with Gasteiger partial charge in [-0.25, -0.2) is 9.00 Å². The second-order valence-corrected chi connectivity index (χ2v) is 11.8. The summed E-state index contributed by atoms with van der Waals surface area (Å²) in [4.78, 5) is 10.3. The van der Waals surface area contributed by atoms with Gasteiger partial charge < -0.3 is 14.8 Å². The Kier molecular flexibility index (Phi) is 8.06. The van der Waals surface area contributed by atoms with Crippen molar-refractivity contribution in [3.05, 3.63) is 72.3 Å². The van der Waals surface area contributed by atoms with Gasteiger partial charge in [-0.3, -0.25) is 9.11 Å². The Morgan fingerprint density at radius 3 is 1.93 bits per heavy atom. The van der Waals surface area contributed by atoms with Crippen LogP contribution in [0.25, 0.3) is 10.8 Å². The van der Waals surface area contributed by atoms with Crippen molar-refractivity contribution in [1.29, 1.82) is 0 Å². The molecule has 0 aliphatic heterocycles. The summed E-state index contributed by atoms with van der Waals surface area (Å²) < 4.78 is 86.7. The van der Waals surface area contributed by atoms with E-state index in [1.165, 1.54) is 30.3 Å². The zero-order valence-electron chi connectivity index (χ0n) is 20.1. The number of hydrogen-bond acceptors (Lipinski definition) is 11. The lowest BCUT2D eigenvalue weighted by atomic mass is 10.1. The maximum absolute atomic E-state index is 11.9. The van der Waals surface area contributed by atoms with Crippen LogP contribution in [0.15, 0.2) is 102 Å². The predicted molar refractivity (Wildman–Crippen MR) is 142 cm³/mol. The first-order chi connectivity index (χ1) is 19.2. The van der Waals surface area contributed by atoms with Crippen molar-refractivity contribution in [3.63, 3.8) is 0 Å². The quantitative estimate of drug-likeness (QED) is 0.0977. The van der Waals surface area contributed by atoms with Crippen LogP contribution in [0, 0.1) is 0 Å². The van der Waals surface area contributed by atoms with E-state index in [2.05, 4.69) is 20.5 Å². The molecule has 41 heavy (non-hydrogen) atoms. The number of hydrogen-bond donors (Lipinski definition) is 5. The number of nitrogens with zero attached hydrogens (tertiary/aromatic N) is 4. The lowest BCUT2D eigenvalue weighted by molar-refractivity contribution is 0.0697. The van der Waals surface area contributed by atoms with E-state index in [1.54, 1.807) is 0 Å². The molecule has 18 heteroatoms. The van der Waals surface area contributed by atoms with E-state index in [4.69, 9.17) is 0 Å². The van der Waals surface area contributed by atoms with E-state index in [-0.39, 0.29) is 27.0 Å². The third-order valence-electron chi connectivity index (χ3n) is 5.40. The SMILES string of the molecule is O=C(O)c1cc(/N=N/c2cc(S(=O)O)ccc2S(=O)(=O)O)ccc1/N=N/c1cc(S(=O)(=O)O)c2ccccc2c1O. The number of carboxylic acid groups (broad SMARTS) is 1. The molecule has 15 nitrogen and oxygen atoms in total. The summed E-state index contributed by atoms with van der Waals surface area (Å²) in [6, 6.07) is 12.6. The van der Waals surface area contributed by atoms with Crippen molar-refractivity contribution >= 4 is 70.8 Å². The summed E-state index contributed by atoms with van der Waals surface area (Å²) >= 11 is -2.51. The van der Waals surface area contributed by atoms with Crippen LogP contribution in [0.4, 0.5) is 22.7 Å². The van der Waals surface area contributed by atoms with E-state index >= 15 is 0 Å². The van der Waals surface area contributed by atoms with Crippen LogP contribution >= 0.6 is 0 Å². The van der Waals surface area contributed by atoms with E-state index in [9.17, 15) is 49.7 Å². The molecule has 1 unspecified atom stereocenters. The van der Waals surface area contributed by atoms with E-state index in [0.717, 1.165) is 36.4 Å². The van der Waals surface area contributed by atoms with Crippen molar-refractivity contribution in [1.82, 2.24) is 0 Å². The average Bonchev–Trinajstić information content (AvgIpc) is 2.90. The normalized spacial score (nSPS) is 13.2. The summed E-state index contributed by atoms with van der Waals surface area (Å²) in [6.45, 7) is 0. The van der Waals surface area contributed by atoms with Crippen molar-refractivity contribution in [2.75, 3.05) is 0 Å². The first-order valence-electron chi connectivity index (χ1n) is 10.8. The van der Waals surface area contributed by atoms with Gasteiger partial charge in [-0.1, -0.05) is 24.3 Å². The highest BCUT2D eigenvalue weighted by atomic mass is 32.2. The maximum atomic E-state index is 11.9. The lowest BCUT2D eigenvalue weighted by Gasteiger charge is -2.08. The third kappa shape index (κ3) is 6.48. The van der Waals surface area contributed by atoms with Crippen molar-refractivity contribution < 1.29 is 49.7 Å². The number of carboxylic acids is 1. The maximum Gasteiger partial charge on any atom is 0.338 e. The average molecular weight is 621 g/mol. The Bertz CT molecular complexity index is 2030. The highest BCUT2D eigenvalue weighted by molar-refractivity contribution is 7.86. The van der Waals surface area contributed by atoms with Gasteiger partial charge >= 0.3 is 5.97 Å². The Hall–Kier alpha value is -4.46. The Morgan fingerprint density at radius 2 is 1.32 bits per heavy atom. The molecule has 1 atom stereocenters. The fraction of sp³-hybridized carbons (Fsp3) is 0. The van der Waals surface area contributed by atoms with Gasteiger partial charge in [0.2, 0.25) is 0 Å². The molecule has 0 saturated heterocycles. The third-order valence-corrected chi connectivity index (χ3v) is 7.85. The monoisotopic (exact) mass is 620 g/mol. The molecule has 0 aromatic heterocycles. The van der Waals surface area contributed by atoms with Crippen LogP contribution in [0.1, 0.15) is 10.4 Å². The van der Waals surface area contributed by atoms with Gasteiger partial charge in [0, 0.05) is 10.8 Å². The van der Waals surface area contributed by atoms with Gasteiger partial charge in [0.1, 0.15) is 26.9 Å². The van der Waals surface area contributed by atoms with E-state index in [0.29, 0.717) is 0 Å². The largest absolute Gasteiger partial charge is 0.505 e. The molecule has 0 heterocycles. The minimum Gasteiger partial charge on any atom is -0.505 e. The van der Waals surface area contributed by atoms with Gasteiger partial charge in [0.25, 0.3) is 20.2 Å². The molecule has 5 N–H and O–H groups in total. The van der Waals surface area contributed by atoms with Crippen molar-refractivity contribution in [3.8, 4) is 5.75 Å². The smallest absolute Gasteiger partial charge is 0.338 e. The molecular formula is C23H16N4O11S3. The number of aromatic hydroxyl groups is 1. The fourth-order valence-corrected chi connectivity index (χ4v) is 5.29. The number of phenolic OH excluding ortho intramolecular Hbond substituents is 1. The van der Waals surface area contributed by atoms with E-state index in [1.807, 2.05) is 0 Å². The van der Waals surface area contributed by atoms with Crippen LogP contribution < -0.4 is 0 Å². The number of azo groups is 2. The van der Waals surface area contributed by atoms with E-state index < -0.39 is 69.8 Å². The molecule has 4 aromatic rings. The van der Waals surface area contributed by atoms with Crippen LogP contribution in [-0.2, 0) is 31.3 Å². The van der Waals surface area contributed by atoms with Crippen molar-refractivity contribution in [2.24, 2.45) is 20.5 Å². The highest BCUT2D eigenvalue weighted by Gasteiger charge is 2.20. The first kappa shape index (κ1) is 29.5. The molecule has 4 rings (SSSR count). The Balaban J connectivity index is 1.76. The molecule has 0 amide bonds. The predicted octanol–water partition coefficient (Wildman–Crippen LogP) is 5.15. The van der Waals surface area contributed by atoms with Gasteiger partial charge in [-0.15, -0.1) is 15.3 Å². The first-order valence-corrected chi connectivity index (χ1v) is 14.8. The second kappa shape index (κ2) is 11.2. The summed E-state index contributed by atoms with van der Waals surface area (Å²) in [5.41, 5.74) is -1.79. The lowest BCUT2D eigenvalue weighted by Crippen LogP contribution is -1.99. The minimum absolute atomic E-state index is 0.0142. The topological polar surface area (TPSA) is 253 Å². The van der Waals surface area contributed by atoms with Gasteiger partial charge in [-0.05, 0) is 42.5 Å². The van der Waals surface area contributed by atoms with Crippen LogP contribution in [-0.4, -0.2) is 50.9 Å². The number of benzene rings is 4. The van der Waals surface area contributed by atoms with Gasteiger partial charge in [0.15, 0.2) is 16.8 Å². The Labute approximate surface area is 233 Å². The second-order valence-electron chi connectivity index (χ2n) is 8.02. The minimum atomic E-state index is -4.80. The van der Waals surface area contributed by atoms with Crippen LogP contribution in [0.3, 0.4) is 0 Å².